The van der Waals surface area contributed by atoms with E-state index in [1.807, 2.05) is 0 Å². The van der Waals surface area contributed by atoms with Crippen LogP contribution >= 0.6 is 0 Å². The molecule has 188 valence electrons. The maximum absolute atomic E-state index is 12.8. The first-order valence-electron chi connectivity index (χ1n) is 10.7. The van der Waals surface area contributed by atoms with Gasteiger partial charge in [0.15, 0.2) is 0 Å². The van der Waals surface area contributed by atoms with E-state index in [1.165, 1.54) is 0 Å². The summed E-state index contributed by atoms with van der Waals surface area (Å²) in [4.78, 5) is 36.1. The number of hydrogen-bond donors (Lipinski definition) is 1. The molecule has 0 saturated carbocycles. The van der Waals surface area contributed by atoms with Gasteiger partial charge in [-0.2, -0.15) is 8.42 Å². The SMILES string of the molecule is O=C([O-])CC(C(=O)[O-])C(CC(c1ccccc1)(c1ccccc1)c1ccccc1)(C(=O)[O-])S(=O)(=O)O.[Na+].[Na+].[Na+]. The molecule has 0 spiro atoms. The Morgan fingerprint density at radius 2 is 1.03 bits per heavy atom. The van der Waals surface area contributed by atoms with Crippen LogP contribution < -0.4 is 104 Å². The van der Waals surface area contributed by atoms with Crippen LogP contribution in [0.1, 0.15) is 29.5 Å². The van der Waals surface area contributed by atoms with E-state index >= 15 is 0 Å². The molecule has 0 radical (unpaired) electrons. The van der Waals surface area contributed by atoms with Crippen molar-refractivity contribution >= 4 is 28.0 Å². The molecule has 0 bridgehead atoms. The number of carbonyl (C=O) groups is 3. The monoisotopic (exact) mass is 578 g/mol. The number of benzene rings is 3. The van der Waals surface area contributed by atoms with Gasteiger partial charge in [-0.1, -0.05) is 91.0 Å². The predicted octanol–water partition coefficient (Wildman–Crippen LogP) is -9.69. The average Bonchev–Trinajstić information content (AvgIpc) is 2.84. The molecule has 0 aliphatic rings. The van der Waals surface area contributed by atoms with E-state index in [9.17, 15) is 42.7 Å². The molecule has 2 unspecified atom stereocenters. The van der Waals surface area contributed by atoms with E-state index in [1.54, 1.807) is 91.0 Å². The van der Waals surface area contributed by atoms with E-state index in [-0.39, 0.29) is 88.7 Å². The minimum atomic E-state index is -5.85. The molecule has 3 rings (SSSR count). The summed E-state index contributed by atoms with van der Waals surface area (Å²) in [6.45, 7) is 0. The largest absolute Gasteiger partial charge is 1.00 e. The second kappa shape index (κ2) is 15.8. The molecule has 1 N–H and O–H groups in total. The molecule has 2 atom stereocenters. The minimum Gasteiger partial charge on any atom is -0.550 e. The van der Waals surface area contributed by atoms with Crippen LogP contribution in [0.25, 0.3) is 0 Å². The zero-order chi connectivity index (χ0) is 26.6. The topological polar surface area (TPSA) is 175 Å². The first-order valence-corrected chi connectivity index (χ1v) is 12.2. The number of carboxylic acids is 3. The number of hydrogen-bond acceptors (Lipinski definition) is 8. The van der Waals surface area contributed by atoms with Gasteiger partial charge < -0.3 is 29.7 Å². The standard InChI is InChI=1S/C26H24O9S.3Na/c27-22(28)16-21(23(29)30)26(24(31)32,36(33,34)35)17-25(18-10-4-1-5-11-18,19-12-6-2-7-13-19)20-14-8-3-9-15-20;;;/h1-15,21H,16-17H2,(H,27,28)(H,29,30)(H,31,32)(H,33,34,35);;;/q;3*+1/p-3. The van der Waals surface area contributed by atoms with Crippen molar-refractivity contribution in [3.05, 3.63) is 108 Å². The van der Waals surface area contributed by atoms with Gasteiger partial charge in [-0.25, -0.2) is 0 Å². The first kappa shape index (κ1) is 38.0. The maximum atomic E-state index is 12.8. The Bertz CT molecular complexity index is 1260. The summed E-state index contributed by atoms with van der Waals surface area (Å²) in [5.41, 5.74) is -0.661. The van der Waals surface area contributed by atoms with Gasteiger partial charge in [-0.3, -0.25) is 4.55 Å². The van der Waals surface area contributed by atoms with Crippen LogP contribution in [-0.4, -0.2) is 35.6 Å². The van der Waals surface area contributed by atoms with E-state index in [0.717, 1.165) is 0 Å². The molecule has 13 heteroatoms. The molecule has 3 aromatic carbocycles. The molecule has 9 nitrogen and oxygen atoms in total. The summed E-state index contributed by atoms with van der Waals surface area (Å²) in [5.74, 6) is -9.61. The van der Waals surface area contributed by atoms with Gasteiger partial charge in [0.2, 0.25) is 0 Å². The Morgan fingerprint density at radius 1 is 0.692 bits per heavy atom. The predicted molar refractivity (Wildman–Crippen MR) is 121 cm³/mol. The van der Waals surface area contributed by atoms with Crippen molar-refractivity contribution in [2.75, 3.05) is 0 Å². The van der Waals surface area contributed by atoms with Crippen molar-refractivity contribution in [1.29, 1.82) is 0 Å². The van der Waals surface area contributed by atoms with Crippen molar-refractivity contribution in [1.82, 2.24) is 0 Å². The number of carbonyl (C=O) groups excluding carboxylic acids is 3. The van der Waals surface area contributed by atoms with Gasteiger partial charge in [-0.05, 0) is 29.5 Å². The Labute approximate surface area is 292 Å². The van der Waals surface area contributed by atoms with Crippen molar-refractivity contribution in [2.45, 2.75) is 23.0 Å². The van der Waals surface area contributed by atoms with Gasteiger partial charge in [0.1, 0.15) is 4.75 Å². The fraction of sp³-hybridized carbons (Fsp3) is 0.192. The molecule has 0 saturated heterocycles. The molecular formula is C26H21Na3O9S. The van der Waals surface area contributed by atoms with Crippen LogP contribution in [-0.2, 0) is 29.9 Å². The van der Waals surface area contributed by atoms with Crippen molar-refractivity contribution in [2.24, 2.45) is 5.92 Å². The van der Waals surface area contributed by atoms with Crippen LogP contribution in [0.5, 0.6) is 0 Å². The van der Waals surface area contributed by atoms with Gasteiger partial charge in [-0.15, -0.1) is 0 Å². The van der Waals surface area contributed by atoms with Crippen molar-refractivity contribution in [3.63, 3.8) is 0 Å². The van der Waals surface area contributed by atoms with Crippen LogP contribution in [0.15, 0.2) is 91.0 Å². The summed E-state index contributed by atoms with van der Waals surface area (Å²) in [6, 6.07) is 24.2. The Balaban J connectivity index is 0.00000481. The quantitative estimate of drug-likeness (QED) is 0.132. The second-order valence-corrected chi connectivity index (χ2v) is 9.96. The molecular weight excluding hydrogens is 557 g/mol. The molecule has 0 aliphatic heterocycles. The van der Waals surface area contributed by atoms with E-state index in [4.69, 9.17) is 0 Å². The first-order chi connectivity index (χ1) is 17.0. The molecule has 0 heterocycles. The third-order valence-electron chi connectivity index (χ3n) is 6.35. The van der Waals surface area contributed by atoms with E-state index in [2.05, 4.69) is 0 Å². The van der Waals surface area contributed by atoms with Crippen molar-refractivity contribution in [3.8, 4) is 0 Å². The van der Waals surface area contributed by atoms with Gasteiger partial charge in [0.05, 0.1) is 5.97 Å². The van der Waals surface area contributed by atoms with Crippen molar-refractivity contribution < 1.29 is 131 Å². The van der Waals surface area contributed by atoms with Gasteiger partial charge in [0.25, 0.3) is 10.1 Å². The number of aliphatic carboxylic acids is 3. The summed E-state index contributed by atoms with van der Waals surface area (Å²) in [5, 5.41) is 36.1. The fourth-order valence-corrected chi connectivity index (χ4v) is 5.84. The van der Waals surface area contributed by atoms with Gasteiger partial charge >= 0.3 is 88.7 Å². The summed E-state index contributed by atoms with van der Waals surface area (Å²) < 4.78 is 32.3. The Hall–Kier alpha value is -1.02. The smallest absolute Gasteiger partial charge is 0.550 e. The molecule has 0 aliphatic carbocycles. The average molecular weight is 578 g/mol. The zero-order valence-electron chi connectivity index (χ0n) is 21.8. The number of rotatable bonds is 11. The molecule has 0 aromatic heterocycles. The van der Waals surface area contributed by atoms with Crippen LogP contribution in [0, 0.1) is 5.92 Å². The molecule has 39 heavy (non-hydrogen) atoms. The number of carboxylic acid groups (broad SMARTS) is 3. The van der Waals surface area contributed by atoms with Crippen LogP contribution in [0.3, 0.4) is 0 Å². The maximum Gasteiger partial charge on any atom is 1.00 e. The summed E-state index contributed by atoms with van der Waals surface area (Å²) in [6.07, 6.45) is -2.70. The zero-order valence-corrected chi connectivity index (χ0v) is 28.6. The fourth-order valence-electron chi connectivity index (χ4n) is 4.69. The van der Waals surface area contributed by atoms with Gasteiger partial charge in [0, 0.05) is 23.3 Å². The minimum absolute atomic E-state index is 0. The van der Waals surface area contributed by atoms with E-state index < -0.39 is 56.9 Å². The van der Waals surface area contributed by atoms with E-state index in [0.29, 0.717) is 16.7 Å². The molecule has 0 fully saturated rings. The summed E-state index contributed by atoms with van der Waals surface area (Å²) in [7, 11) is -5.85. The third-order valence-corrected chi connectivity index (χ3v) is 7.87. The Kier molecular flexibility index (Phi) is 15.4. The third kappa shape index (κ3) is 7.84. The van der Waals surface area contributed by atoms with Crippen LogP contribution in [0.4, 0.5) is 0 Å². The Morgan fingerprint density at radius 3 is 1.26 bits per heavy atom. The summed E-state index contributed by atoms with van der Waals surface area (Å²) >= 11 is 0. The molecule has 3 aromatic rings. The normalized spacial score (nSPS) is 13.3. The van der Waals surface area contributed by atoms with Crippen LogP contribution in [0.2, 0.25) is 0 Å². The molecule has 0 amide bonds. The second-order valence-electron chi connectivity index (χ2n) is 8.28.